The van der Waals surface area contributed by atoms with Crippen LogP contribution in [0.4, 0.5) is 5.69 Å². The molecule has 0 saturated heterocycles. The average Bonchev–Trinajstić information content (AvgIpc) is 2.84. The largest absolute Gasteiger partial charge is 0.497 e. The molecule has 180 valence electrons. The summed E-state index contributed by atoms with van der Waals surface area (Å²) in [5.74, 6) is 0.601. The molecule has 34 heavy (non-hydrogen) atoms. The molecule has 0 radical (unpaired) electrons. The van der Waals surface area contributed by atoms with Gasteiger partial charge >= 0.3 is 0 Å². The van der Waals surface area contributed by atoms with Gasteiger partial charge in [-0.1, -0.05) is 47.5 Å². The van der Waals surface area contributed by atoms with E-state index in [1.165, 1.54) is 38.5 Å². The number of sulfonamides is 1. The molecule has 0 bridgehead atoms. The molecule has 0 heterocycles. The number of ether oxygens (including phenoxy) is 2. The monoisotopic (exact) mass is 522 g/mol. The fraction of sp³-hybridized carbons (Fsp3) is 0.208. The number of halogens is 2. The van der Waals surface area contributed by atoms with Crippen LogP contribution in [0.25, 0.3) is 0 Å². The maximum atomic E-state index is 13.5. The standard InChI is InChI=1S/C24H24Cl2N2O5S/c1-16(19-14-17(32-2)12-13-22(19)33-3)27-23(29)15-28(21-11-7-10-20(25)24(21)26)34(30,31)18-8-5-4-6-9-18/h4-14,16H,15H2,1-3H3,(H,27,29). The summed E-state index contributed by atoms with van der Waals surface area (Å²) in [6.07, 6.45) is 0. The van der Waals surface area contributed by atoms with Gasteiger partial charge in [-0.3, -0.25) is 9.10 Å². The van der Waals surface area contributed by atoms with Crippen molar-refractivity contribution in [2.75, 3.05) is 25.1 Å². The van der Waals surface area contributed by atoms with E-state index in [-0.39, 0.29) is 20.6 Å². The highest BCUT2D eigenvalue weighted by atomic mass is 35.5. The summed E-state index contributed by atoms with van der Waals surface area (Å²) < 4.78 is 38.6. The highest BCUT2D eigenvalue weighted by Crippen LogP contribution is 2.35. The van der Waals surface area contributed by atoms with Crippen LogP contribution in [-0.2, 0) is 14.8 Å². The maximum absolute atomic E-state index is 13.5. The summed E-state index contributed by atoms with van der Waals surface area (Å²) >= 11 is 12.5. The Morgan fingerprint density at radius 1 is 1.00 bits per heavy atom. The number of methoxy groups -OCH3 is 2. The van der Waals surface area contributed by atoms with Gasteiger partial charge in [0.15, 0.2) is 0 Å². The second kappa shape index (κ2) is 11.0. The van der Waals surface area contributed by atoms with Gasteiger partial charge in [0.05, 0.1) is 40.9 Å². The molecule has 0 aliphatic rings. The van der Waals surface area contributed by atoms with E-state index in [2.05, 4.69) is 5.32 Å². The number of carbonyl (C=O) groups is 1. The van der Waals surface area contributed by atoms with E-state index in [0.29, 0.717) is 17.1 Å². The normalized spacial score (nSPS) is 12.0. The Hall–Kier alpha value is -2.94. The first-order valence-corrected chi connectivity index (χ1v) is 12.4. The van der Waals surface area contributed by atoms with Crippen molar-refractivity contribution in [1.82, 2.24) is 5.32 Å². The van der Waals surface area contributed by atoms with Crippen LogP contribution < -0.4 is 19.1 Å². The van der Waals surface area contributed by atoms with Gasteiger partial charge in [0.2, 0.25) is 5.91 Å². The molecule has 7 nitrogen and oxygen atoms in total. The van der Waals surface area contributed by atoms with Gasteiger partial charge in [-0.15, -0.1) is 0 Å². The number of nitrogens with one attached hydrogen (secondary N) is 1. The Balaban J connectivity index is 1.94. The zero-order valence-electron chi connectivity index (χ0n) is 18.8. The molecule has 1 N–H and O–H groups in total. The first kappa shape index (κ1) is 25.7. The fourth-order valence-electron chi connectivity index (χ4n) is 3.38. The van der Waals surface area contributed by atoms with E-state index in [9.17, 15) is 13.2 Å². The SMILES string of the molecule is COc1ccc(OC)c(C(C)NC(=O)CN(c2cccc(Cl)c2Cl)S(=O)(=O)c2ccccc2)c1. The van der Waals surface area contributed by atoms with Crippen molar-refractivity contribution in [1.29, 1.82) is 0 Å². The lowest BCUT2D eigenvalue weighted by Gasteiger charge is -2.26. The van der Waals surface area contributed by atoms with Gasteiger partial charge in [0.25, 0.3) is 10.0 Å². The number of nitrogens with zero attached hydrogens (tertiary/aromatic N) is 1. The van der Waals surface area contributed by atoms with Crippen LogP contribution in [0.2, 0.25) is 10.0 Å². The van der Waals surface area contributed by atoms with Crippen molar-refractivity contribution in [3.8, 4) is 11.5 Å². The molecule has 1 atom stereocenters. The number of hydrogen-bond donors (Lipinski definition) is 1. The Bertz CT molecular complexity index is 1270. The van der Waals surface area contributed by atoms with Gasteiger partial charge in [-0.25, -0.2) is 8.42 Å². The van der Waals surface area contributed by atoms with Crippen LogP contribution >= 0.6 is 23.2 Å². The zero-order chi connectivity index (χ0) is 24.9. The van der Waals surface area contributed by atoms with Gasteiger partial charge < -0.3 is 14.8 Å². The minimum absolute atomic E-state index is 0.0151. The first-order valence-electron chi connectivity index (χ1n) is 10.2. The summed E-state index contributed by atoms with van der Waals surface area (Å²) in [6.45, 7) is 1.24. The molecule has 0 saturated carbocycles. The predicted octanol–water partition coefficient (Wildman–Crippen LogP) is 5.08. The molecule has 1 amide bonds. The Morgan fingerprint density at radius 2 is 1.71 bits per heavy atom. The highest BCUT2D eigenvalue weighted by molar-refractivity contribution is 7.92. The molecule has 10 heteroatoms. The smallest absolute Gasteiger partial charge is 0.264 e. The van der Waals surface area contributed by atoms with Crippen molar-refractivity contribution in [3.63, 3.8) is 0 Å². The quantitative estimate of drug-likeness (QED) is 0.423. The van der Waals surface area contributed by atoms with Crippen molar-refractivity contribution >= 4 is 44.8 Å². The number of hydrogen-bond acceptors (Lipinski definition) is 5. The molecule has 3 aromatic rings. The van der Waals surface area contributed by atoms with Gasteiger partial charge in [-0.2, -0.15) is 0 Å². The highest BCUT2D eigenvalue weighted by Gasteiger charge is 2.30. The van der Waals surface area contributed by atoms with E-state index in [1.54, 1.807) is 49.4 Å². The third kappa shape index (κ3) is 5.58. The lowest BCUT2D eigenvalue weighted by Crippen LogP contribution is -2.41. The van der Waals surface area contributed by atoms with E-state index in [0.717, 1.165) is 4.31 Å². The first-order chi connectivity index (χ1) is 16.2. The van der Waals surface area contributed by atoms with Crippen molar-refractivity contribution in [2.45, 2.75) is 17.9 Å². The fourth-order valence-corrected chi connectivity index (χ4v) is 5.28. The maximum Gasteiger partial charge on any atom is 0.264 e. The van der Waals surface area contributed by atoms with Crippen LogP contribution in [0.15, 0.2) is 71.6 Å². The van der Waals surface area contributed by atoms with Crippen molar-refractivity contribution in [3.05, 3.63) is 82.3 Å². The van der Waals surface area contributed by atoms with E-state index in [1.807, 2.05) is 0 Å². The molecule has 3 rings (SSSR count). The number of carbonyl (C=O) groups excluding carboxylic acids is 1. The molecule has 3 aromatic carbocycles. The summed E-state index contributed by atoms with van der Waals surface area (Å²) in [7, 11) is -1.07. The second-order valence-electron chi connectivity index (χ2n) is 7.29. The van der Waals surface area contributed by atoms with Crippen molar-refractivity contribution < 1.29 is 22.7 Å². The molecular weight excluding hydrogens is 499 g/mol. The minimum Gasteiger partial charge on any atom is -0.497 e. The number of amides is 1. The Kier molecular flexibility index (Phi) is 8.30. The van der Waals surface area contributed by atoms with E-state index < -0.39 is 28.5 Å². The summed E-state index contributed by atoms with van der Waals surface area (Å²) in [6, 6.07) is 17.1. The Labute approximate surface area is 209 Å². The summed E-state index contributed by atoms with van der Waals surface area (Å²) in [5, 5.41) is 3.02. The third-order valence-corrected chi connectivity index (χ3v) is 7.68. The van der Waals surface area contributed by atoms with E-state index >= 15 is 0 Å². The summed E-state index contributed by atoms with van der Waals surface area (Å²) in [5.41, 5.74) is 0.772. The molecule has 0 fully saturated rings. The van der Waals surface area contributed by atoms with Crippen LogP contribution in [0.5, 0.6) is 11.5 Å². The van der Waals surface area contributed by atoms with E-state index in [4.69, 9.17) is 32.7 Å². The second-order valence-corrected chi connectivity index (χ2v) is 9.94. The molecule has 1 unspecified atom stereocenters. The lowest BCUT2D eigenvalue weighted by molar-refractivity contribution is -0.120. The average molecular weight is 523 g/mol. The molecule has 0 aromatic heterocycles. The lowest BCUT2D eigenvalue weighted by atomic mass is 10.1. The van der Waals surface area contributed by atoms with Gasteiger partial charge in [0, 0.05) is 5.56 Å². The van der Waals surface area contributed by atoms with Gasteiger partial charge in [0.1, 0.15) is 18.0 Å². The minimum atomic E-state index is -4.13. The Morgan fingerprint density at radius 3 is 2.35 bits per heavy atom. The van der Waals surface area contributed by atoms with Crippen molar-refractivity contribution in [2.24, 2.45) is 0 Å². The van der Waals surface area contributed by atoms with Gasteiger partial charge in [-0.05, 0) is 49.4 Å². The predicted molar refractivity (Wildman–Crippen MR) is 134 cm³/mol. The molecule has 0 aliphatic carbocycles. The van der Waals surface area contributed by atoms with Crippen LogP contribution in [0, 0.1) is 0 Å². The third-order valence-electron chi connectivity index (χ3n) is 5.10. The number of benzene rings is 3. The zero-order valence-corrected chi connectivity index (χ0v) is 21.1. The molecular formula is C24H24Cl2N2O5S. The molecule has 0 spiro atoms. The number of anilines is 1. The summed E-state index contributed by atoms with van der Waals surface area (Å²) in [4.78, 5) is 13.1. The van der Waals surface area contributed by atoms with Crippen LogP contribution in [0.1, 0.15) is 18.5 Å². The van der Waals surface area contributed by atoms with Crippen LogP contribution in [0.3, 0.4) is 0 Å². The van der Waals surface area contributed by atoms with Crippen LogP contribution in [-0.4, -0.2) is 35.1 Å². The molecule has 0 aliphatic heterocycles. The topological polar surface area (TPSA) is 84.9 Å². The number of rotatable bonds is 9.